The number of likely N-dealkylation sites (tertiary alicyclic amines) is 1. The van der Waals surface area contributed by atoms with Gasteiger partial charge in [0.25, 0.3) is 5.91 Å². The minimum atomic E-state index is -0.237. The lowest BCUT2D eigenvalue weighted by Crippen LogP contribution is -2.42. The van der Waals surface area contributed by atoms with Crippen LogP contribution in [-0.2, 0) is 0 Å². The summed E-state index contributed by atoms with van der Waals surface area (Å²) in [7, 11) is 1.59. The topological polar surface area (TPSA) is 41.6 Å². The van der Waals surface area contributed by atoms with Gasteiger partial charge in [0.2, 0.25) is 0 Å². The highest BCUT2D eigenvalue weighted by atomic mass is 19.1. The van der Waals surface area contributed by atoms with Crippen molar-refractivity contribution >= 4 is 11.6 Å². The first-order valence-corrected chi connectivity index (χ1v) is 8.11. The zero-order valence-corrected chi connectivity index (χ0v) is 13.7. The van der Waals surface area contributed by atoms with Crippen molar-refractivity contribution in [3.05, 3.63) is 59.9 Å². The normalized spacial score (nSPS) is 15.2. The van der Waals surface area contributed by atoms with Crippen molar-refractivity contribution in [1.29, 1.82) is 0 Å². The Morgan fingerprint density at radius 1 is 1.17 bits per heavy atom. The van der Waals surface area contributed by atoms with Gasteiger partial charge >= 0.3 is 0 Å². The van der Waals surface area contributed by atoms with Crippen LogP contribution in [0.1, 0.15) is 23.2 Å². The number of methoxy groups -OCH3 is 1. The number of piperidine rings is 1. The molecule has 0 bridgehead atoms. The molecule has 0 spiro atoms. The van der Waals surface area contributed by atoms with Crippen molar-refractivity contribution in [3.63, 3.8) is 0 Å². The average Bonchev–Trinajstić information content (AvgIpc) is 2.64. The molecule has 4 nitrogen and oxygen atoms in total. The predicted molar refractivity (Wildman–Crippen MR) is 91.9 cm³/mol. The minimum Gasteiger partial charge on any atom is -0.497 e. The molecule has 1 aliphatic heterocycles. The molecule has 0 atom stereocenters. The monoisotopic (exact) mass is 328 g/mol. The summed E-state index contributed by atoms with van der Waals surface area (Å²) in [5, 5.41) is 3.40. The summed E-state index contributed by atoms with van der Waals surface area (Å²) in [4.78, 5) is 14.5. The van der Waals surface area contributed by atoms with E-state index in [0.29, 0.717) is 30.4 Å². The van der Waals surface area contributed by atoms with E-state index in [1.165, 1.54) is 12.1 Å². The van der Waals surface area contributed by atoms with E-state index in [0.717, 1.165) is 18.5 Å². The fourth-order valence-corrected chi connectivity index (χ4v) is 2.95. The van der Waals surface area contributed by atoms with Crippen molar-refractivity contribution in [3.8, 4) is 5.75 Å². The van der Waals surface area contributed by atoms with E-state index in [1.54, 1.807) is 25.3 Å². The molecule has 0 unspecified atom stereocenters. The Hall–Kier alpha value is -2.56. The highest BCUT2D eigenvalue weighted by Crippen LogP contribution is 2.20. The summed E-state index contributed by atoms with van der Waals surface area (Å²) >= 11 is 0. The molecule has 1 N–H and O–H groups in total. The highest BCUT2D eigenvalue weighted by molar-refractivity contribution is 5.94. The number of rotatable bonds is 4. The van der Waals surface area contributed by atoms with Crippen LogP contribution in [0.15, 0.2) is 48.5 Å². The van der Waals surface area contributed by atoms with Crippen LogP contribution in [0.2, 0.25) is 0 Å². The number of carbonyl (C=O) groups is 1. The third kappa shape index (κ3) is 3.85. The number of benzene rings is 2. The molecule has 0 aromatic heterocycles. The van der Waals surface area contributed by atoms with Crippen LogP contribution in [-0.4, -0.2) is 37.0 Å². The lowest BCUT2D eigenvalue weighted by molar-refractivity contribution is 0.0718. The molecule has 5 heteroatoms. The van der Waals surface area contributed by atoms with Gasteiger partial charge in [-0.2, -0.15) is 0 Å². The van der Waals surface area contributed by atoms with Gasteiger partial charge in [0.1, 0.15) is 11.6 Å². The van der Waals surface area contributed by atoms with E-state index < -0.39 is 0 Å². The smallest absolute Gasteiger partial charge is 0.253 e. The molecule has 3 rings (SSSR count). The second-order valence-electron chi connectivity index (χ2n) is 5.95. The molecule has 1 fully saturated rings. The molecule has 1 saturated heterocycles. The zero-order chi connectivity index (χ0) is 16.9. The number of hydrogen-bond donors (Lipinski definition) is 1. The maximum atomic E-state index is 12.9. The molecule has 2 aromatic carbocycles. The Morgan fingerprint density at radius 2 is 1.88 bits per heavy atom. The Labute approximate surface area is 141 Å². The van der Waals surface area contributed by atoms with Crippen molar-refractivity contribution in [1.82, 2.24) is 4.90 Å². The fourth-order valence-electron chi connectivity index (χ4n) is 2.95. The van der Waals surface area contributed by atoms with Gasteiger partial charge in [0, 0.05) is 30.4 Å². The van der Waals surface area contributed by atoms with Crippen LogP contribution in [0.4, 0.5) is 10.1 Å². The van der Waals surface area contributed by atoms with Gasteiger partial charge in [-0.25, -0.2) is 4.39 Å². The number of hydrogen-bond acceptors (Lipinski definition) is 3. The highest BCUT2D eigenvalue weighted by Gasteiger charge is 2.23. The number of carbonyl (C=O) groups excluding carboxylic acids is 1. The first-order chi connectivity index (χ1) is 11.7. The third-order valence-electron chi connectivity index (χ3n) is 4.31. The number of amides is 1. The predicted octanol–water partition coefficient (Wildman–Crippen LogP) is 3.55. The summed E-state index contributed by atoms with van der Waals surface area (Å²) in [5.74, 6) is 0.488. The SMILES string of the molecule is COc1cccc(C(=O)N2CCC(Nc3ccc(F)cc3)CC2)c1. The van der Waals surface area contributed by atoms with Crippen LogP contribution in [0, 0.1) is 5.82 Å². The van der Waals surface area contributed by atoms with E-state index in [1.807, 2.05) is 23.1 Å². The molecular weight excluding hydrogens is 307 g/mol. The Bertz CT molecular complexity index is 695. The second-order valence-corrected chi connectivity index (χ2v) is 5.95. The number of ether oxygens (including phenoxy) is 1. The van der Waals surface area contributed by atoms with Crippen LogP contribution < -0.4 is 10.1 Å². The minimum absolute atomic E-state index is 0.0362. The molecule has 0 aliphatic carbocycles. The third-order valence-corrected chi connectivity index (χ3v) is 4.31. The number of nitrogens with zero attached hydrogens (tertiary/aromatic N) is 1. The summed E-state index contributed by atoms with van der Waals surface area (Å²) in [5.41, 5.74) is 1.56. The number of anilines is 1. The van der Waals surface area contributed by atoms with Crippen molar-refractivity contribution in [2.45, 2.75) is 18.9 Å². The fraction of sp³-hybridized carbons (Fsp3) is 0.316. The van der Waals surface area contributed by atoms with Gasteiger partial charge in [-0.15, -0.1) is 0 Å². The van der Waals surface area contributed by atoms with Gasteiger partial charge in [-0.05, 0) is 55.3 Å². The Morgan fingerprint density at radius 3 is 2.54 bits per heavy atom. The second kappa shape index (κ2) is 7.34. The Kier molecular flexibility index (Phi) is 4.99. The van der Waals surface area contributed by atoms with Crippen LogP contribution in [0.5, 0.6) is 5.75 Å². The number of halogens is 1. The molecule has 1 amide bonds. The first-order valence-electron chi connectivity index (χ1n) is 8.11. The molecule has 1 aliphatic rings. The molecular formula is C19H21FN2O2. The Balaban J connectivity index is 1.56. The van der Waals surface area contributed by atoms with Crippen LogP contribution in [0.25, 0.3) is 0 Å². The van der Waals surface area contributed by atoms with E-state index in [9.17, 15) is 9.18 Å². The maximum absolute atomic E-state index is 12.9. The maximum Gasteiger partial charge on any atom is 0.253 e. The largest absolute Gasteiger partial charge is 0.497 e. The van der Waals surface area contributed by atoms with Crippen molar-refractivity contribution < 1.29 is 13.9 Å². The first kappa shape index (κ1) is 16.3. The van der Waals surface area contributed by atoms with E-state index in [4.69, 9.17) is 4.74 Å². The lowest BCUT2D eigenvalue weighted by Gasteiger charge is -2.33. The van der Waals surface area contributed by atoms with Gasteiger partial charge in [0.05, 0.1) is 7.11 Å². The van der Waals surface area contributed by atoms with Crippen molar-refractivity contribution in [2.75, 3.05) is 25.5 Å². The molecule has 2 aromatic rings. The summed E-state index contributed by atoms with van der Waals surface area (Å²) < 4.78 is 18.1. The van der Waals surface area contributed by atoms with E-state index >= 15 is 0 Å². The molecule has 0 saturated carbocycles. The summed E-state index contributed by atoms with van der Waals surface area (Å²) in [6, 6.07) is 13.9. The van der Waals surface area contributed by atoms with E-state index in [-0.39, 0.29) is 11.7 Å². The zero-order valence-electron chi connectivity index (χ0n) is 13.7. The van der Waals surface area contributed by atoms with Gasteiger partial charge < -0.3 is 15.0 Å². The van der Waals surface area contributed by atoms with Gasteiger partial charge in [-0.3, -0.25) is 4.79 Å². The van der Waals surface area contributed by atoms with Crippen LogP contribution >= 0.6 is 0 Å². The van der Waals surface area contributed by atoms with Gasteiger partial charge in [0.15, 0.2) is 0 Å². The molecule has 1 heterocycles. The number of nitrogens with one attached hydrogen (secondary N) is 1. The summed E-state index contributed by atoms with van der Waals surface area (Å²) in [6.07, 6.45) is 1.74. The molecule has 24 heavy (non-hydrogen) atoms. The molecule has 126 valence electrons. The standard InChI is InChI=1S/C19H21FN2O2/c1-24-18-4-2-3-14(13-18)19(23)22-11-9-17(10-12-22)21-16-7-5-15(20)6-8-16/h2-8,13,17,21H,9-12H2,1H3. The van der Waals surface area contributed by atoms with Crippen LogP contribution in [0.3, 0.4) is 0 Å². The van der Waals surface area contributed by atoms with E-state index in [2.05, 4.69) is 5.32 Å². The van der Waals surface area contributed by atoms with Crippen molar-refractivity contribution in [2.24, 2.45) is 0 Å². The quantitative estimate of drug-likeness (QED) is 0.933. The lowest BCUT2D eigenvalue weighted by atomic mass is 10.0. The summed E-state index contributed by atoms with van der Waals surface area (Å²) in [6.45, 7) is 1.41. The molecule has 0 radical (unpaired) electrons. The average molecular weight is 328 g/mol. The van der Waals surface area contributed by atoms with Gasteiger partial charge in [-0.1, -0.05) is 6.07 Å².